The maximum Gasteiger partial charge on any atom is 0.305 e. The topological polar surface area (TPSA) is 96.6 Å². The summed E-state index contributed by atoms with van der Waals surface area (Å²) in [5, 5.41) is 12.0. The summed E-state index contributed by atoms with van der Waals surface area (Å²) in [6.45, 7) is 3.56. The monoisotopic (exact) mass is 355 g/mol. The first-order chi connectivity index (χ1) is 12.4. The Bertz CT molecular complexity index is 880. The number of furan rings is 1. The van der Waals surface area contributed by atoms with Crippen molar-refractivity contribution in [3.05, 3.63) is 58.0 Å². The highest BCUT2D eigenvalue weighted by molar-refractivity contribution is 6.03. The van der Waals surface area contributed by atoms with Crippen LogP contribution in [0.1, 0.15) is 68.7 Å². The molecule has 0 fully saturated rings. The van der Waals surface area contributed by atoms with E-state index in [9.17, 15) is 19.5 Å². The van der Waals surface area contributed by atoms with E-state index in [1.54, 1.807) is 19.1 Å². The number of amides is 1. The van der Waals surface area contributed by atoms with E-state index in [-0.39, 0.29) is 18.0 Å². The van der Waals surface area contributed by atoms with Gasteiger partial charge in [0.25, 0.3) is 5.91 Å². The van der Waals surface area contributed by atoms with Gasteiger partial charge in [0.1, 0.15) is 5.76 Å². The molecule has 6 nitrogen and oxygen atoms in total. The summed E-state index contributed by atoms with van der Waals surface area (Å²) < 4.78 is 5.66. The van der Waals surface area contributed by atoms with E-state index in [2.05, 4.69) is 5.32 Å². The number of hydrogen-bond donors (Lipinski definition) is 2. The van der Waals surface area contributed by atoms with Crippen molar-refractivity contribution < 1.29 is 23.9 Å². The second-order valence-electron chi connectivity index (χ2n) is 6.61. The molecule has 0 bridgehead atoms. The van der Waals surface area contributed by atoms with Gasteiger partial charge in [0.2, 0.25) is 0 Å². The second kappa shape index (κ2) is 7.15. The van der Waals surface area contributed by atoms with Crippen LogP contribution in [0.3, 0.4) is 0 Å². The summed E-state index contributed by atoms with van der Waals surface area (Å²) in [5.74, 6) is -0.875. The first-order valence-electron chi connectivity index (χ1n) is 8.62. The van der Waals surface area contributed by atoms with Gasteiger partial charge in [-0.2, -0.15) is 0 Å². The van der Waals surface area contributed by atoms with Gasteiger partial charge in [0.05, 0.1) is 18.0 Å². The fourth-order valence-electron chi connectivity index (χ4n) is 3.48. The molecule has 0 spiro atoms. The van der Waals surface area contributed by atoms with E-state index in [1.165, 1.54) is 0 Å². The van der Waals surface area contributed by atoms with E-state index < -0.39 is 17.9 Å². The fraction of sp³-hybridized carbons (Fsp3) is 0.350. The van der Waals surface area contributed by atoms with Crippen molar-refractivity contribution in [3.8, 4) is 0 Å². The molecule has 0 saturated carbocycles. The summed E-state index contributed by atoms with van der Waals surface area (Å²) in [6, 6.07) is 6.64. The summed E-state index contributed by atoms with van der Waals surface area (Å²) in [5.41, 5.74) is 2.67. The highest BCUT2D eigenvalue weighted by Gasteiger charge is 2.30. The Morgan fingerprint density at radius 2 is 1.96 bits per heavy atom. The predicted molar refractivity (Wildman–Crippen MR) is 94.4 cm³/mol. The van der Waals surface area contributed by atoms with E-state index >= 15 is 0 Å². The molecular weight excluding hydrogens is 334 g/mol. The highest BCUT2D eigenvalue weighted by Crippen LogP contribution is 2.30. The number of hydrogen-bond acceptors (Lipinski definition) is 4. The van der Waals surface area contributed by atoms with Crippen LogP contribution in [0.2, 0.25) is 0 Å². The third kappa shape index (κ3) is 3.40. The van der Waals surface area contributed by atoms with Gasteiger partial charge in [-0.3, -0.25) is 14.4 Å². The van der Waals surface area contributed by atoms with Gasteiger partial charge < -0.3 is 14.8 Å². The van der Waals surface area contributed by atoms with Crippen LogP contribution in [0.15, 0.2) is 28.7 Å². The molecule has 2 aromatic rings. The third-order valence-corrected chi connectivity index (χ3v) is 4.76. The number of carboxylic acids is 1. The van der Waals surface area contributed by atoms with Crippen molar-refractivity contribution in [2.45, 2.75) is 45.6 Å². The summed E-state index contributed by atoms with van der Waals surface area (Å²) >= 11 is 0. The third-order valence-electron chi connectivity index (χ3n) is 4.76. The molecule has 0 radical (unpaired) electrons. The number of Topliss-reactive ketones (excluding diaryl/α,β-unsaturated/α-hetero) is 1. The lowest BCUT2D eigenvalue weighted by Gasteiger charge is -2.19. The molecule has 6 heteroatoms. The average molecular weight is 355 g/mol. The Morgan fingerprint density at radius 3 is 2.62 bits per heavy atom. The fourth-order valence-corrected chi connectivity index (χ4v) is 3.48. The largest absolute Gasteiger partial charge is 0.481 e. The Balaban J connectivity index is 1.90. The summed E-state index contributed by atoms with van der Waals surface area (Å²) in [4.78, 5) is 36.1. The van der Waals surface area contributed by atoms with E-state index in [0.29, 0.717) is 36.1 Å². The molecular formula is C20H21NO5. The number of ketones is 1. The van der Waals surface area contributed by atoms with Gasteiger partial charge in [0.15, 0.2) is 11.5 Å². The highest BCUT2D eigenvalue weighted by atomic mass is 16.4. The Labute approximate surface area is 151 Å². The second-order valence-corrected chi connectivity index (χ2v) is 6.61. The number of nitrogens with one attached hydrogen (secondary N) is 1. The summed E-state index contributed by atoms with van der Waals surface area (Å²) in [7, 11) is 0. The van der Waals surface area contributed by atoms with Crippen molar-refractivity contribution in [1.82, 2.24) is 5.32 Å². The Hall–Kier alpha value is -2.89. The number of aliphatic carboxylic acids is 1. The minimum atomic E-state index is -1.01. The first kappa shape index (κ1) is 17.9. The van der Waals surface area contributed by atoms with Crippen molar-refractivity contribution in [3.63, 3.8) is 0 Å². The molecule has 1 heterocycles. The van der Waals surface area contributed by atoms with Crippen LogP contribution in [-0.4, -0.2) is 22.8 Å². The molecule has 1 aromatic heterocycles. The van der Waals surface area contributed by atoms with Crippen LogP contribution in [0, 0.1) is 13.8 Å². The smallest absolute Gasteiger partial charge is 0.305 e. The van der Waals surface area contributed by atoms with Crippen molar-refractivity contribution in [1.29, 1.82) is 0 Å². The van der Waals surface area contributed by atoms with Crippen molar-refractivity contribution >= 4 is 17.7 Å². The average Bonchev–Trinajstić information content (AvgIpc) is 2.92. The number of fused-ring (bicyclic) bond motifs is 1. The van der Waals surface area contributed by atoms with Gasteiger partial charge in [0, 0.05) is 18.4 Å². The van der Waals surface area contributed by atoms with Gasteiger partial charge >= 0.3 is 5.97 Å². The first-order valence-corrected chi connectivity index (χ1v) is 8.62. The number of benzene rings is 1. The zero-order valence-electron chi connectivity index (χ0n) is 14.8. The standard InChI is InChI=1S/C20H21NO5/c1-11-6-3-4-7-13(11)14(10-17(23)24)21-20(25)19-12(2)18-15(22)8-5-9-16(18)26-19/h3-4,6-7,14H,5,8-10H2,1-2H3,(H,21,25)(H,23,24). The molecule has 1 aromatic carbocycles. The number of carbonyl (C=O) groups excluding carboxylic acids is 2. The van der Waals surface area contributed by atoms with Crippen LogP contribution >= 0.6 is 0 Å². The number of carbonyl (C=O) groups is 3. The SMILES string of the molecule is Cc1ccccc1C(CC(=O)O)NC(=O)c1oc2c(c1C)C(=O)CCC2. The van der Waals surface area contributed by atoms with Gasteiger partial charge in [-0.1, -0.05) is 24.3 Å². The minimum Gasteiger partial charge on any atom is -0.481 e. The molecule has 1 aliphatic carbocycles. The predicted octanol–water partition coefficient (Wildman–Crippen LogP) is 3.36. The van der Waals surface area contributed by atoms with Gasteiger partial charge in [-0.05, 0) is 31.4 Å². The van der Waals surface area contributed by atoms with Crippen molar-refractivity contribution in [2.75, 3.05) is 0 Å². The molecule has 0 saturated heterocycles. The molecule has 26 heavy (non-hydrogen) atoms. The molecule has 136 valence electrons. The zero-order chi connectivity index (χ0) is 18.8. The molecule has 3 rings (SSSR count). The lowest BCUT2D eigenvalue weighted by Crippen LogP contribution is -2.30. The maximum absolute atomic E-state index is 12.8. The zero-order valence-corrected chi connectivity index (χ0v) is 14.8. The van der Waals surface area contributed by atoms with Crippen LogP contribution in [0.4, 0.5) is 0 Å². The van der Waals surface area contributed by atoms with Crippen LogP contribution in [0.5, 0.6) is 0 Å². The normalized spacial score (nSPS) is 14.6. The Kier molecular flexibility index (Phi) is 4.93. The summed E-state index contributed by atoms with van der Waals surface area (Å²) in [6.07, 6.45) is 1.56. The Morgan fingerprint density at radius 1 is 1.23 bits per heavy atom. The van der Waals surface area contributed by atoms with E-state index in [4.69, 9.17) is 4.42 Å². The molecule has 1 aliphatic rings. The number of aryl methyl sites for hydroxylation is 2. The van der Waals surface area contributed by atoms with Gasteiger partial charge in [-0.25, -0.2) is 0 Å². The molecule has 1 unspecified atom stereocenters. The lowest BCUT2D eigenvalue weighted by atomic mass is 9.94. The molecule has 0 aliphatic heterocycles. The quantitative estimate of drug-likeness (QED) is 0.857. The maximum atomic E-state index is 12.8. The van der Waals surface area contributed by atoms with Crippen LogP contribution in [0.25, 0.3) is 0 Å². The van der Waals surface area contributed by atoms with Crippen LogP contribution < -0.4 is 5.32 Å². The number of rotatable bonds is 5. The molecule has 2 N–H and O–H groups in total. The van der Waals surface area contributed by atoms with Crippen molar-refractivity contribution in [2.24, 2.45) is 0 Å². The van der Waals surface area contributed by atoms with E-state index in [1.807, 2.05) is 19.1 Å². The van der Waals surface area contributed by atoms with E-state index in [0.717, 1.165) is 11.1 Å². The van der Waals surface area contributed by atoms with Crippen LogP contribution in [-0.2, 0) is 11.2 Å². The molecule has 1 amide bonds. The molecule has 1 atom stereocenters. The lowest BCUT2D eigenvalue weighted by molar-refractivity contribution is -0.137. The van der Waals surface area contributed by atoms with Gasteiger partial charge in [-0.15, -0.1) is 0 Å². The minimum absolute atomic E-state index is 0.00691. The number of carboxylic acid groups (broad SMARTS) is 1.